The van der Waals surface area contributed by atoms with E-state index in [4.69, 9.17) is 0 Å². The Morgan fingerprint density at radius 2 is 2.00 bits per heavy atom. The van der Waals surface area contributed by atoms with Crippen molar-refractivity contribution in [2.45, 2.75) is 59.5 Å². The second kappa shape index (κ2) is 5.38. The molecule has 1 aliphatic heterocycles. The lowest BCUT2D eigenvalue weighted by Gasteiger charge is -2.37. The number of hydrogen-bond donors (Lipinski definition) is 0. The number of hydrogen-bond acceptors (Lipinski definition) is 2. The first-order valence-corrected chi connectivity index (χ1v) is 4.89. The standard InChI is InChI=1S/C10H19NO.CH4/c1-8(2)11-7-5-4-6-10(11)9(3)12;/h8,10H,4-7H2,1-3H3;1H4. The molecule has 1 unspecified atom stereocenters. The van der Waals surface area contributed by atoms with Gasteiger partial charge in [-0.15, -0.1) is 0 Å². The fourth-order valence-corrected chi connectivity index (χ4v) is 2.01. The summed E-state index contributed by atoms with van der Waals surface area (Å²) in [6.45, 7) is 7.15. The molecule has 0 N–H and O–H groups in total. The molecule has 0 aromatic heterocycles. The van der Waals surface area contributed by atoms with Crippen LogP contribution in [0.2, 0.25) is 0 Å². The maximum atomic E-state index is 11.3. The fourth-order valence-electron chi connectivity index (χ4n) is 2.01. The van der Waals surface area contributed by atoms with Crippen LogP contribution in [0.3, 0.4) is 0 Å². The highest BCUT2D eigenvalue weighted by molar-refractivity contribution is 5.81. The molecular weight excluding hydrogens is 162 g/mol. The van der Waals surface area contributed by atoms with Gasteiger partial charge in [0, 0.05) is 6.04 Å². The van der Waals surface area contributed by atoms with Gasteiger partial charge in [-0.1, -0.05) is 13.8 Å². The molecule has 1 fully saturated rings. The predicted octanol–water partition coefficient (Wildman–Crippen LogP) is 2.47. The summed E-state index contributed by atoms with van der Waals surface area (Å²) in [5.41, 5.74) is 0. The summed E-state index contributed by atoms with van der Waals surface area (Å²) in [5, 5.41) is 0. The molecular formula is C11H23NO. The van der Waals surface area contributed by atoms with E-state index in [-0.39, 0.29) is 13.5 Å². The van der Waals surface area contributed by atoms with Gasteiger partial charge in [0.2, 0.25) is 0 Å². The number of rotatable bonds is 2. The van der Waals surface area contributed by atoms with Crippen LogP contribution in [0.4, 0.5) is 0 Å². The minimum atomic E-state index is 0. The summed E-state index contributed by atoms with van der Waals surface area (Å²) in [6, 6.07) is 0.720. The van der Waals surface area contributed by atoms with Gasteiger partial charge < -0.3 is 0 Å². The Morgan fingerprint density at radius 3 is 2.38 bits per heavy atom. The van der Waals surface area contributed by atoms with Crippen LogP contribution in [0.25, 0.3) is 0 Å². The van der Waals surface area contributed by atoms with Crippen LogP contribution in [-0.2, 0) is 4.79 Å². The monoisotopic (exact) mass is 185 g/mol. The van der Waals surface area contributed by atoms with Crippen LogP contribution in [0.15, 0.2) is 0 Å². The minimum Gasteiger partial charge on any atom is -0.298 e. The molecule has 2 heteroatoms. The molecule has 1 saturated heterocycles. The number of piperidine rings is 1. The molecule has 0 radical (unpaired) electrons. The molecule has 1 aliphatic rings. The Morgan fingerprint density at radius 1 is 1.38 bits per heavy atom. The smallest absolute Gasteiger partial charge is 0.146 e. The zero-order valence-electron chi connectivity index (χ0n) is 8.34. The van der Waals surface area contributed by atoms with Crippen LogP contribution < -0.4 is 0 Å². The van der Waals surface area contributed by atoms with Gasteiger partial charge in [0.05, 0.1) is 6.04 Å². The summed E-state index contributed by atoms with van der Waals surface area (Å²) in [7, 11) is 0. The molecule has 0 amide bonds. The molecule has 2 nitrogen and oxygen atoms in total. The van der Waals surface area contributed by atoms with Gasteiger partial charge in [-0.3, -0.25) is 9.69 Å². The maximum absolute atomic E-state index is 11.3. The average Bonchev–Trinajstić information content (AvgIpc) is 2.04. The molecule has 13 heavy (non-hydrogen) atoms. The van der Waals surface area contributed by atoms with Crippen LogP contribution in [0.1, 0.15) is 47.5 Å². The van der Waals surface area contributed by atoms with Gasteiger partial charge in [0.1, 0.15) is 5.78 Å². The van der Waals surface area contributed by atoms with Gasteiger partial charge in [-0.25, -0.2) is 0 Å². The second-order valence-electron chi connectivity index (χ2n) is 3.95. The van der Waals surface area contributed by atoms with Crippen LogP contribution >= 0.6 is 0 Å². The Bertz CT molecular complexity index is 165. The van der Waals surface area contributed by atoms with Gasteiger partial charge in [-0.2, -0.15) is 0 Å². The SMILES string of the molecule is C.CC(=O)C1CCCCN1C(C)C. The third-order valence-electron chi connectivity index (χ3n) is 2.68. The second-order valence-corrected chi connectivity index (χ2v) is 3.95. The quantitative estimate of drug-likeness (QED) is 0.658. The van der Waals surface area contributed by atoms with Crippen molar-refractivity contribution in [1.82, 2.24) is 4.90 Å². The molecule has 78 valence electrons. The highest BCUT2D eigenvalue weighted by Crippen LogP contribution is 2.19. The number of ketones is 1. The van der Waals surface area contributed by atoms with Crippen molar-refractivity contribution in [3.05, 3.63) is 0 Å². The first kappa shape index (κ1) is 12.6. The molecule has 0 aromatic rings. The number of carbonyl (C=O) groups is 1. The van der Waals surface area contributed by atoms with E-state index in [2.05, 4.69) is 18.7 Å². The third kappa shape index (κ3) is 3.11. The van der Waals surface area contributed by atoms with E-state index in [1.54, 1.807) is 6.92 Å². The predicted molar refractivity (Wildman–Crippen MR) is 56.9 cm³/mol. The van der Waals surface area contributed by atoms with Crippen molar-refractivity contribution in [2.24, 2.45) is 0 Å². The largest absolute Gasteiger partial charge is 0.298 e. The van der Waals surface area contributed by atoms with Crippen LogP contribution in [0, 0.1) is 0 Å². The number of likely N-dealkylation sites (tertiary alicyclic amines) is 1. The Balaban J connectivity index is 0.00000144. The Labute approximate surface area is 82.3 Å². The summed E-state index contributed by atoms with van der Waals surface area (Å²) in [6.07, 6.45) is 3.53. The van der Waals surface area contributed by atoms with E-state index in [0.717, 1.165) is 13.0 Å². The van der Waals surface area contributed by atoms with Gasteiger partial charge in [-0.05, 0) is 40.2 Å². The lowest BCUT2D eigenvalue weighted by Crippen LogP contribution is -2.47. The van der Waals surface area contributed by atoms with Gasteiger partial charge in [0.15, 0.2) is 0 Å². The molecule has 1 atom stereocenters. The molecule has 0 aromatic carbocycles. The fraction of sp³-hybridized carbons (Fsp3) is 0.909. The normalized spacial score (nSPS) is 24.2. The lowest BCUT2D eigenvalue weighted by atomic mass is 9.98. The Kier molecular flexibility index (Phi) is 5.23. The van der Waals surface area contributed by atoms with E-state index >= 15 is 0 Å². The van der Waals surface area contributed by atoms with E-state index in [9.17, 15) is 4.79 Å². The lowest BCUT2D eigenvalue weighted by molar-refractivity contribution is -0.124. The van der Waals surface area contributed by atoms with Gasteiger partial charge >= 0.3 is 0 Å². The van der Waals surface area contributed by atoms with E-state index in [0.29, 0.717) is 11.8 Å². The summed E-state index contributed by atoms with van der Waals surface area (Å²) in [4.78, 5) is 13.6. The number of Topliss-reactive ketones (excluding diaryl/α,β-unsaturated/α-hetero) is 1. The number of carbonyl (C=O) groups excluding carboxylic acids is 1. The van der Waals surface area contributed by atoms with Crippen LogP contribution in [0.5, 0.6) is 0 Å². The van der Waals surface area contributed by atoms with Crippen molar-refractivity contribution in [3.63, 3.8) is 0 Å². The highest BCUT2D eigenvalue weighted by atomic mass is 16.1. The van der Waals surface area contributed by atoms with Crippen molar-refractivity contribution >= 4 is 5.78 Å². The number of nitrogens with zero attached hydrogens (tertiary/aromatic N) is 1. The maximum Gasteiger partial charge on any atom is 0.146 e. The average molecular weight is 185 g/mol. The van der Waals surface area contributed by atoms with Crippen molar-refractivity contribution in [2.75, 3.05) is 6.54 Å². The van der Waals surface area contributed by atoms with Crippen molar-refractivity contribution < 1.29 is 4.79 Å². The first-order valence-electron chi connectivity index (χ1n) is 4.89. The molecule has 0 bridgehead atoms. The Hall–Kier alpha value is -0.370. The van der Waals surface area contributed by atoms with E-state index < -0.39 is 0 Å². The van der Waals surface area contributed by atoms with Crippen molar-refractivity contribution in [1.29, 1.82) is 0 Å². The van der Waals surface area contributed by atoms with E-state index in [1.807, 2.05) is 0 Å². The molecule has 0 spiro atoms. The zero-order valence-corrected chi connectivity index (χ0v) is 8.34. The molecule has 1 heterocycles. The topological polar surface area (TPSA) is 20.3 Å². The van der Waals surface area contributed by atoms with Crippen LogP contribution in [-0.4, -0.2) is 29.3 Å². The molecule has 0 saturated carbocycles. The van der Waals surface area contributed by atoms with Crippen molar-refractivity contribution in [3.8, 4) is 0 Å². The first-order chi connectivity index (χ1) is 5.63. The zero-order chi connectivity index (χ0) is 9.14. The van der Waals surface area contributed by atoms with E-state index in [1.165, 1.54) is 12.8 Å². The molecule has 1 rings (SSSR count). The summed E-state index contributed by atoms with van der Waals surface area (Å²) >= 11 is 0. The molecule has 0 aliphatic carbocycles. The summed E-state index contributed by atoms with van der Waals surface area (Å²) < 4.78 is 0. The highest BCUT2D eigenvalue weighted by Gasteiger charge is 2.27. The van der Waals surface area contributed by atoms with Gasteiger partial charge in [0.25, 0.3) is 0 Å². The summed E-state index contributed by atoms with van der Waals surface area (Å²) in [5.74, 6) is 0.336. The minimum absolute atomic E-state index is 0. The third-order valence-corrected chi connectivity index (χ3v) is 2.68.